The number of aliphatic hydroxyl groups excluding tert-OH is 1. The largest absolute Gasteiger partial charge is 0.392 e. The number of aliphatic hydroxyl groups is 1. The summed E-state index contributed by atoms with van der Waals surface area (Å²) in [7, 11) is 0. The van der Waals surface area contributed by atoms with Gasteiger partial charge in [-0.15, -0.1) is 0 Å². The number of aldehydes is 1. The minimum atomic E-state index is -0.410. The summed E-state index contributed by atoms with van der Waals surface area (Å²) < 4.78 is 0. The van der Waals surface area contributed by atoms with Crippen molar-refractivity contribution >= 4 is 6.29 Å². The zero-order chi connectivity index (χ0) is 11.3. The van der Waals surface area contributed by atoms with Gasteiger partial charge in [0.25, 0.3) is 0 Å². The molecule has 0 aromatic rings. The van der Waals surface area contributed by atoms with Gasteiger partial charge >= 0.3 is 0 Å². The van der Waals surface area contributed by atoms with E-state index in [2.05, 4.69) is 13.8 Å². The zero-order valence-corrected chi connectivity index (χ0v) is 10.0. The lowest BCUT2D eigenvalue weighted by Crippen LogP contribution is -2.39. The highest BCUT2D eigenvalue weighted by Crippen LogP contribution is 2.39. The van der Waals surface area contributed by atoms with Crippen molar-refractivity contribution in [2.45, 2.75) is 64.9 Å². The zero-order valence-electron chi connectivity index (χ0n) is 10.0. The summed E-state index contributed by atoms with van der Waals surface area (Å²) in [6, 6.07) is 0. The summed E-state index contributed by atoms with van der Waals surface area (Å²) >= 11 is 0. The molecule has 1 fully saturated rings. The van der Waals surface area contributed by atoms with E-state index in [4.69, 9.17) is 0 Å². The summed E-state index contributed by atoms with van der Waals surface area (Å²) in [6.07, 6.45) is 7.58. The number of rotatable bonds is 5. The van der Waals surface area contributed by atoms with Crippen molar-refractivity contribution in [1.29, 1.82) is 0 Å². The number of hydrogen-bond donors (Lipinski definition) is 1. The van der Waals surface area contributed by atoms with Crippen molar-refractivity contribution in [3.8, 4) is 0 Å². The Morgan fingerprint density at radius 1 is 1.47 bits per heavy atom. The molecule has 2 atom stereocenters. The van der Waals surface area contributed by atoms with Crippen LogP contribution in [0.15, 0.2) is 0 Å². The van der Waals surface area contributed by atoms with Gasteiger partial charge in [0.15, 0.2) is 0 Å². The van der Waals surface area contributed by atoms with Crippen LogP contribution in [0.3, 0.4) is 0 Å². The van der Waals surface area contributed by atoms with Crippen LogP contribution in [-0.4, -0.2) is 17.5 Å². The average Bonchev–Trinajstić information content (AvgIpc) is 2.21. The van der Waals surface area contributed by atoms with Gasteiger partial charge in [0.05, 0.1) is 11.5 Å². The van der Waals surface area contributed by atoms with Crippen LogP contribution in [0.2, 0.25) is 0 Å². The van der Waals surface area contributed by atoms with Gasteiger partial charge < -0.3 is 9.90 Å². The highest BCUT2D eigenvalue weighted by Gasteiger charge is 2.39. The van der Waals surface area contributed by atoms with E-state index < -0.39 is 11.5 Å². The molecule has 0 radical (unpaired) electrons. The van der Waals surface area contributed by atoms with Crippen molar-refractivity contribution in [1.82, 2.24) is 0 Å². The van der Waals surface area contributed by atoms with E-state index in [1.807, 2.05) is 0 Å². The Hall–Kier alpha value is -0.370. The van der Waals surface area contributed by atoms with E-state index in [0.29, 0.717) is 5.92 Å². The lowest BCUT2D eigenvalue weighted by molar-refractivity contribution is -0.126. The Labute approximate surface area is 93.1 Å². The van der Waals surface area contributed by atoms with Crippen LogP contribution in [0, 0.1) is 11.3 Å². The standard InChI is InChI=1S/C13H24O2/c1-11(2)6-5-9-13(10-14)8-4-3-7-12(13)15/h10-12,15H,3-9H2,1-2H3. The molecule has 0 aliphatic heterocycles. The normalized spacial score (nSPS) is 31.9. The number of carbonyl (C=O) groups is 1. The molecule has 2 unspecified atom stereocenters. The van der Waals surface area contributed by atoms with Crippen LogP contribution in [-0.2, 0) is 4.79 Å². The molecule has 1 saturated carbocycles. The molecule has 88 valence electrons. The molecule has 0 aromatic carbocycles. The van der Waals surface area contributed by atoms with Crippen LogP contribution in [0.25, 0.3) is 0 Å². The molecule has 0 bridgehead atoms. The Morgan fingerprint density at radius 2 is 2.20 bits per heavy atom. The van der Waals surface area contributed by atoms with Crippen molar-refractivity contribution in [2.75, 3.05) is 0 Å². The quantitative estimate of drug-likeness (QED) is 0.711. The molecular weight excluding hydrogens is 188 g/mol. The molecule has 1 aliphatic rings. The maximum atomic E-state index is 11.2. The van der Waals surface area contributed by atoms with Crippen LogP contribution in [0.1, 0.15) is 58.8 Å². The minimum absolute atomic E-state index is 0.393. The molecule has 0 aromatic heterocycles. The molecule has 0 saturated heterocycles. The Morgan fingerprint density at radius 3 is 2.73 bits per heavy atom. The van der Waals surface area contributed by atoms with Gasteiger partial charge in [-0.3, -0.25) is 0 Å². The van der Waals surface area contributed by atoms with Crippen molar-refractivity contribution < 1.29 is 9.90 Å². The molecule has 2 heteroatoms. The fraction of sp³-hybridized carbons (Fsp3) is 0.923. The topological polar surface area (TPSA) is 37.3 Å². The van der Waals surface area contributed by atoms with Gasteiger partial charge in [-0.05, 0) is 25.2 Å². The summed E-state index contributed by atoms with van der Waals surface area (Å²) in [5, 5.41) is 9.95. The van der Waals surface area contributed by atoms with Gasteiger partial charge in [0.2, 0.25) is 0 Å². The van der Waals surface area contributed by atoms with Crippen LogP contribution in [0.5, 0.6) is 0 Å². The second kappa shape index (κ2) is 5.64. The van der Waals surface area contributed by atoms with Gasteiger partial charge in [0, 0.05) is 0 Å². The second-order valence-electron chi connectivity index (χ2n) is 5.40. The Kier molecular flexibility index (Phi) is 4.78. The monoisotopic (exact) mass is 212 g/mol. The van der Waals surface area contributed by atoms with Crippen molar-refractivity contribution in [2.24, 2.45) is 11.3 Å². The third-order valence-electron chi connectivity index (χ3n) is 3.69. The predicted molar refractivity (Wildman–Crippen MR) is 61.7 cm³/mol. The van der Waals surface area contributed by atoms with E-state index in [-0.39, 0.29) is 0 Å². The lowest BCUT2D eigenvalue weighted by Gasteiger charge is -2.37. The molecule has 1 aliphatic carbocycles. The van der Waals surface area contributed by atoms with Gasteiger partial charge in [-0.25, -0.2) is 0 Å². The first kappa shape index (κ1) is 12.7. The van der Waals surface area contributed by atoms with E-state index in [0.717, 1.165) is 51.2 Å². The molecule has 0 heterocycles. The molecular formula is C13H24O2. The fourth-order valence-electron chi connectivity index (χ4n) is 2.57. The third kappa shape index (κ3) is 3.30. The van der Waals surface area contributed by atoms with E-state index in [1.54, 1.807) is 0 Å². The SMILES string of the molecule is CC(C)CCCC1(C=O)CCCCC1O. The lowest BCUT2D eigenvalue weighted by atomic mass is 9.69. The average molecular weight is 212 g/mol. The van der Waals surface area contributed by atoms with Gasteiger partial charge in [0.1, 0.15) is 6.29 Å². The fourth-order valence-corrected chi connectivity index (χ4v) is 2.57. The Balaban J connectivity index is 2.47. The van der Waals surface area contributed by atoms with Gasteiger partial charge in [-0.2, -0.15) is 0 Å². The molecule has 1 rings (SSSR count). The second-order valence-corrected chi connectivity index (χ2v) is 5.40. The van der Waals surface area contributed by atoms with Crippen LogP contribution < -0.4 is 0 Å². The smallest absolute Gasteiger partial charge is 0.128 e. The molecule has 2 nitrogen and oxygen atoms in total. The minimum Gasteiger partial charge on any atom is -0.392 e. The molecule has 15 heavy (non-hydrogen) atoms. The van der Waals surface area contributed by atoms with Crippen LogP contribution in [0.4, 0.5) is 0 Å². The molecule has 0 spiro atoms. The molecule has 0 amide bonds. The molecule has 1 N–H and O–H groups in total. The summed E-state index contributed by atoms with van der Waals surface area (Å²) in [6.45, 7) is 4.40. The Bertz CT molecular complexity index is 201. The maximum Gasteiger partial charge on any atom is 0.128 e. The summed E-state index contributed by atoms with van der Waals surface area (Å²) in [4.78, 5) is 11.2. The highest BCUT2D eigenvalue weighted by atomic mass is 16.3. The summed E-state index contributed by atoms with van der Waals surface area (Å²) in [5.74, 6) is 0.689. The van der Waals surface area contributed by atoms with Crippen LogP contribution >= 0.6 is 0 Å². The van der Waals surface area contributed by atoms with Gasteiger partial charge in [-0.1, -0.05) is 39.5 Å². The maximum absolute atomic E-state index is 11.2. The third-order valence-corrected chi connectivity index (χ3v) is 3.69. The van der Waals surface area contributed by atoms with E-state index >= 15 is 0 Å². The van der Waals surface area contributed by atoms with E-state index in [9.17, 15) is 9.90 Å². The number of hydrogen-bond acceptors (Lipinski definition) is 2. The van der Waals surface area contributed by atoms with Crippen molar-refractivity contribution in [3.05, 3.63) is 0 Å². The first-order valence-corrected chi connectivity index (χ1v) is 6.25. The highest BCUT2D eigenvalue weighted by molar-refractivity contribution is 5.60. The number of carbonyl (C=O) groups excluding carboxylic acids is 1. The summed E-state index contributed by atoms with van der Waals surface area (Å²) in [5.41, 5.74) is -0.410. The van der Waals surface area contributed by atoms with E-state index in [1.165, 1.54) is 0 Å². The van der Waals surface area contributed by atoms with Crippen molar-refractivity contribution in [3.63, 3.8) is 0 Å². The first-order chi connectivity index (χ1) is 7.10. The first-order valence-electron chi connectivity index (χ1n) is 6.25. The predicted octanol–water partition coefficient (Wildman–Crippen LogP) is 2.93.